The van der Waals surface area contributed by atoms with Gasteiger partial charge >= 0.3 is 0 Å². The Kier molecular flexibility index (Phi) is 6.52. The van der Waals surface area contributed by atoms with E-state index < -0.39 is 10.0 Å². The van der Waals surface area contributed by atoms with E-state index in [1.54, 1.807) is 18.3 Å². The molecule has 0 radical (unpaired) electrons. The third-order valence-corrected chi connectivity index (χ3v) is 8.51. The fraction of sp³-hybridized carbons (Fsp3) is 0.385. The van der Waals surface area contributed by atoms with Gasteiger partial charge in [0.2, 0.25) is 21.8 Å². The van der Waals surface area contributed by atoms with Crippen LogP contribution in [-0.2, 0) is 21.4 Å². The molecule has 1 aliphatic carbocycles. The summed E-state index contributed by atoms with van der Waals surface area (Å²) in [6.45, 7) is 1.78. The SMILES string of the molecule is O=C(NCc1ccc(OCC2CC2)nc1)C1CCN(S(=O)(=O)c2ccc3ccccc3c2)CC1. The Labute approximate surface area is 200 Å². The smallest absolute Gasteiger partial charge is 0.243 e. The molecule has 7 nitrogen and oxygen atoms in total. The summed E-state index contributed by atoms with van der Waals surface area (Å²) in [5.41, 5.74) is 0.906. The van der Waals surface area contributed by atoms with Crippen molar-refractivity contribution in [3.8, 4) is 5.88 Å². The third kappa shape index (κ3) is 5.23. The first-order chi connectivity index (χ1) is 16.5. The molecule has 0 unspecified atom stereocenters. The van der Waals surface area contributed by atoms with Crippen molar-refractivity contribution in [1.29, 1.82) is 0 Å². The number of ether oxygens (including phenoxy) is 1. The zero-order chi connectivity index (χ0) is 23.5. The molecule has 34 heavy (non-hydrogen) atoms. The summed E-state index contributed by atoms with van der Waals surface area (Å²) in [4.78, 5) is 17.3. The summed E-state index contributed by atoms with van der Waals surface area (Å²) >= 11 is 0. The predicted octanol–water partition coefficient (Wildman–Crippen LogP) is 3.74. The zero-order valence-electron chi connectivity index (χ0n) is 19.0. The van der Waals surface area contributed by atoms with Crippen LogP contribution < -0.4 is 10.1 Å². The molecule has 5 rings (SSSR count). The summed E-state index contributed by atoms with van der Waals surface area (Å²) in [6.07, 6.45) is 5.20. The molecule has 8 heteroatoms. The zero-order valence-corrected chi connectivity index (χ0v) is 19.8. The summed E-state index contributed by atoms with van der Waals surface area (Å²) in [7, 11) is -3.59. The Morgan fingerprint density at radius 1 is 1.00 bits per heavy atom. The number of pyridine rings is 1. The van der Waals surface area contributed by atoms with Crippen LogP contribution in [0, 0.1) is 11.8 Å². The van der Waals surface area contributed by atoms with Crippen LogP contribution in [-0.4, -0.2) is 43.3 Å². The molecule has 0 bridgehead atoms. The average Bonchev–Trinajstić information content (AvgIpc) is 3.71. The molecule has 1 saturated heterocycles. The number of carbonyl (C=O) groups is 1. The largest absolute Gasteiger partial charge is 0.477 e. The van der Waals surface area contributed by atoms with Crippen molar-refractivity contribution in [2.45, 2.75) is 37.1 Å². The topological polar surface area (TPSA) is 88.6 Å². The number of hydrogen-bond acceptors (Lipinski definition) is 5. The van der Waals surface area contributed by atoms with Gasteiger partial charge < -0.3 is 10.1 Å². The van der Waals surface area contributed by atoms with Gasteiger partial charge in [0.1, 0.15) is 0 Å². The molecule has 0 spiro atoms. The molecule has 178 valence electrons. The molecule has 1 aromatic heterocycles. The number of nitrogens with zero attached hydrogens (tertiary/aromatic N) is 2. The molecule has 1 aliphatic heterocycles. The molecule has 2 aliphatic rings. The van der Waals surface area contributed by atoms with Gasteiger partial charge in [-0.05, 0) is 60.1 Å². The number of fused-ring (bicyclic) bond motifs is 1. The van der Waals surface area contributed by atoms with Gasteiger partial charge in [0, 0.05) is 37.8 Å². The number of carbonyl (C=O) groups excluding carboxylic acids is 1. The highest BCUT2D eigenvalue weighted by atomic mass is 32.2. The Balaban J connectivity index is 1.12. The number of nitrogens with one attached hydrogen (secondary N) is 1. The number of sulfonamides is 1. The second kappa shape index (κ2) is 9.72. The molecule has 2 aromatic carbocycles. The fourth-order valence-electron chi connectivity index (χ4n) is 4.26. The monoisotopic (exact) mass is 479 g/mol. The highest BCUT2D eigenvalue weighted by molar-refractivity contribution is 7.89. The van der Waals surface area contributed by atoms with Gasteiger partial charge in [-0.3, -0.25) is 4.79 Å². The van der Waals surface area contributed by atoms with Gasteiger partial charge in [-0.2, -0.15) is 4.31 Å². The predicted molar refractivity (Wildman–Crippen MR) is 130 cm³/mol. The summed E-state index contributed by atoms with van der Waals surface area (Å²) in [6, 6.07) is 16.7. The van der Waals surface area contributed by atoms with Gasteiger partial charge in [-0.1, -0.05) is 36.4 Å². The second-order valence-electron chi connectivity index (χ2n) is 9.16. The number of benzene rings is 2. The van der Waals surface area contributed by atoms with Crippen molar-refractivity contribution in [3.63, 3.8) is 0 Å². The van der Waals surface area contributed by atoms with Crippen LogP contribution >= 0.6 is 0 Å². The first-order valence-electron chi connectivity index (χ1n) is 11.8. The van der Waals surface area contributed by atoms with Crippen LogP contribution in [0.5, 0.6) is 5.88 Å². The van der Waals surface area contributed by atoms with Gasteiger partial charge in [-0.25, -0.2) is 13.4 Å². The molecule has 1 saturated carbocycles. The lowest BCUT2D eigenvalue weighted by Crippen LogP contribution is -2.42. The van der Waals surface area contributed by atoms with Crippen LogP contribution in [0.4, 0.5) is 0 Å². The number of amides is 1. The maximum Gasteiger partial charge on any atom is 0.243 e. The Morgan fingerprint density at radius 2 is 1.76 bits per heavy atom. The first kappa shape index (κ1) is 22.8. The van der Waals surface area contributed by atoms with Gasteiger partial charge in [0.15, 0.2) is 0 Å². The maximum atomic E-state index is 13.1. The van der Waals surface area contributed by atoms with Crippen molar-refractivity contribution >= 4 is 26.7 Å². The van der Waals surface area contributed by atoms with E-state index in [0.29, 0.717) is 49.2 Å². The number of aromatic nitrogens is 1. The lowest BCUT2D eigenvalue weighted by molar-refractivity contribution is -0.126. The van der Waals surface area contributed by atoms with Crippen LogP contribution in [0.1, 0.15) is 31.2 Å². The molecule has 2 heterocycles. The molecular weight excluding hydrogens is 450 g/mol. The molecule has 1 N–H and O–H groups in total. The Hall–Kier alpha value is -2.97. The van der Waals surface area contributed by atoms with Gasteiger partial charge in [0.25, 0.3) is 0 Å². The quantitative estimate of drug-likeness (QED) is 0.532. The van der Waals surface area contributed by atoms with E-state index in [2.05, 4.69) is 10.3 Å². The van der Waals surface area contributed by atoms with Crippen LogP contribution in [0.3, 0.4) is 0 Å². The highest BCUT2D eigenvalue weighted by Crippen LogP contribution is 2.29. The Bertz CT molecular complexity index is 1260. The minimum Gasteiger partial charge on any atom is -0.477 e. The minimum atomic E-state index is -3.59. The van der Waals surface area contributed by atoms with E-state index >= 15 is 0 Å². The Morgan fingerprint density at radius 3 is 2.47 bits per heavy atom. The lowest BCUT2D eigenvalue weighted by atomic mass is 9.97. The summed E-state index contributed by atoms with van der Waals surface area (Å²) in [5.74, 6) is 1.05. The van der Waals surface area contributed by atoms with Crippen molar-refractivity contribution in [3.05, 3.63) is 66.4 Å². The van der Waals surface area contributed by atoms with E-state index in [4.69, 9.17) is 4.74 Å². The second-order valence-corrected chi connectivity index (χ2v) is 11.1. The first-order valence-corrected chi connectivity index (χ1v) is 13.3. The minimum absolute atomic E-state index is 0.0446. The highest BCUT2D eigenvalue weighted by Gasteiger charge is 2.32. The molecular formula is C26H29N3O4S. The summed E-state index contributed by atoms with van der Waals surface area (Å²) < 4.78 is 33.4. The van der Waals surface area contributed by atoms with Crippen LogP contribution in [0.25, 0.3) is 10.8 Å². The van der Waals surface area contributed by atoms with E-state index in [1.165, 1.54) is 17.1 Å². The van der Waals surface area contributed by atoms with Gasteiger partial charge in [0.05, 0.1) is 11.5 Å². The van der Waals surface area contributed by atoms with E-state index in [-0.39, 0.29) is 11.8 Å². The molecule has 0 atom stereocenters. The normalized spacial score (nSPS) is 17.5. The fourth-order valence-corrected chi connectivity index (χ4v) is 5.76. The van der Waals surface area contributed by atoms with Gasteiger partial charge in [-0.15, -0.1) is 0 Å². The molecule has 3 aromatic rings. The lowest BCUT2D eigenvalue weighted by Gasteiger charge is -2.30. The van der Waals surface area contributed by atoms with Crippen molar-refractivity contribution in [2.24, 2.45) is 11.8 Å². The van der Waals surface area contributed by atoms with E-state index in [9.17, 15) is 13.2 Å². The van der Waals surface area contributed by atoms with Crippen LogP contribution in [0.2, 0.25) is 0 Å². The average molecular weight is 480 g/mol. The number of hydrogen-bond donors (Lipinski definition) is 1. The van der Waals surface area contributed by atoms with Crippen LogP contribution in [0.15, 0.2) is 65.7 Å². The number of piperidine rings is 1. The van der Waals surface area contributed by atoms with Crippen molar-refractivity contribution in [2.75, 3.05) is 19.7 Å². The van der Waals surface area contributed by atoms with Crippen molar-refractivity contribution in [1.82, 2.24) is 14.6 Å². The third-order valence-electron chi connectivity index (χ3n) is 6.61. The maximum absolute atomic E-state index is 13.1. The molecule has 2 fully saturated rings. The van der Waals surface area contributed by atoms with E-state index in [1.807, 2.05) is 42.5 Å². The summed E-state index contributed by atoms with van der Waals surface area (Å²) in [5, 5.41) is 4.87. The standard InChI is InChI=1S/C26H29N3O4S/c30-26(28-17-20-7-10-25(27-16-20)33-18-19-5-6-19)22-11-13-29(14-12-22)34(31,32)24-9-8-21-3-1-2-4-23(21)15-24/h1-4,7-10,15-16,19,22H,5-6,11-14,17-18H2,(H,28,30). The van der Waals surface area contributed by atoms with E-state index in [0.717, 1.165) is 22.9 Å². The number of rotatable bonds is 8. The molecule has 1 amide bonds. The van der Waals surface area contributed by atoms with Crippen molar-refractivity contribution < 1.29 is 17.9 Å².